The van der Waals surface area contributed by atoms with Gasteiger partial charge in [-0.1, -0.05) is 18.2 Å². The molecule has 1 unspecified atom stereocenters. The molecule has 1 saturated carbocycles. The van der Waals surface area contributed by atoms with E-state index >= 15 is 0 Å². The summed E-state index contributed by atoms with van der Waals surface area (Å²) >= 11 is 0. The van der Waals surface area contributed by atoms with Gasteiger partial charge in [-0.3, -0.25) is 0 Å². The van der Waals surface area contributed by atoms with E-state index in [1.807, 2.05) is 24.3 Å². The van der Waals surface area contributed by atoms with Gasteiger partial charge in [0.15, 0.2) is 0 Å². The van der Waals surface area contributed by atoms with Crippen LogP contribution in [-0.4, -0.2) is 20.3 Å². The van der Waals surface area contributed by atoms with E-state index in [2.05, 4.69) is 0 Å². The molecule has 16 heavy (non-hydrogen) atoms. The fraction of sp³-hybridized carbons (Fsp3) is 0.538. The summed E-state index contributed by atoms with van der Waals surface area (Å²) < 4.78 is 10.9. The lowest BCUT2D eigenvalue weighted by Crippen LogP contribution is -2.18. The lowest BCUT2D eigenvalue weighted by molar-refractivity contribution is 0.111. The van der Waals surface area contributed by atoms with E-state index in [0.29, 0.717) is 6.61 Å². The average Bonchev–Trinajstić information content (AvgIpc) is 3.13. The quantitative estimate of drug-likeness (QED) is 0.800. The fourth-order valence-electron chi connectivity index (χ4n) is 1.71. The summed E-state index contributed by atoms with van der Waals surface area (Å²) in [6.07, 6.45) is 2.62. The standard InChI is InChI=1S/C13H19NO2/c1-15-13-5-3-2-4-11(13)12(14)9-16-8-10-6-7-10/h2-5,10,12H,6-9,14H2,1H3. The normalized spacial score (nSPS) is 17.1. The van der Waals surface area contributed by atoms with Crippen molar-refractivity contribution >= 4 is 0 Å². The predicted octanol–water partition coefficient (Wildman–Crippen LogP) is 2.12. The van der Waals surface area contributed by atoms with E-state index in [1.54, 1.807) is 7.11 Å². The molecule has 0 radical (unpaired) electrons. The van der Waals surface area contributed by atoms with Crippen molar-refractivity contribution in [3.8, 4) is 5.75 Å². The topological polar surface area (TPSA) is 44.5 Å². The van der Waals surface area contributed by atoms with Crippen molar-refractivity contribution in [1.29, 1.82) is 0 Å². The third-order valence-corrected chi connectivity index (χ3v) is 2.89. The van der Waals surface area contributed by atoms with Crippen LogP contribution in [0.15, 0.2) is 24.3 Å². The first-order valence-corrected chi connectivity index (χ1v) is 5.77. The molecule has 0 bridgehead atoms. The summed E-state index contributed by atoms with van der Waals surface area (Å²) in [5, 5.41) is 0. The molecule has 2 N–H and O–H groups in total. The van der Waals surface area contributed by atoms with Crippen LogP contribution in [0.5, 0.6) is 5.75 Å². The second kappa shape index (κ2) is 5.32. The van der Waals surface area contributed by atoms with Crippen LogP contribution in [0, 0.1) is 5.92 Å². The van der Waals surface area contributed by atoms with Gasteiger partial charge in [0.25, 0.3) is 0 Å². The van der Waals surface area contributed by atoms with E-state index in [4.69, 9.17) is 15.2 Å². The van der Waals surface area contributed by atoms with Gasteiger partial charge in [-0.15, -0.1) is 0 Å². The van der Waals surface area contributed by atoms with Crippen molar-refractivity contribution in [2.75, 3.05) is 20.3 Å². The first-order valence-electron chi connectivity index (χ1n) is 5.77. The van der Waals surface area contributed by atoms with Crippen molar-refractivity contribution in [1.82, 2.24) is 0 Å². The van der Waals surface area contributed by atoms with Gasteiger partial charge in [0, 0.05) is 12.2 Å². The molecule has 1 aromatic carbocycles. The Morgan fingerprint density at radius 2 is 2.12 bits per heavy atom. The van der Waals surface area contributed by atoms with Crippen molar-refractivity contribution < 1.29 is 9.47 Å². The summed E-state index contributed by atoms with van der Waals surface area (Å²) in [6, 6.07) is 7.73. The molecule has 3 nitrogen and oxygen atoms in total. The molecule has 0 saturated heterocycles. The van der Waals surface area contributed by atoms with Gasteiger partial charge in [0.1, 0.15) is 5.75 Å². The number of rotatable bonds is 6. The minimum atomic E-state index is -0.102. The lowest BCUT2D eigenvalue weighted by atomic mass is 10.1. The van der Waals surface area contributed by atoms with Crippen LogP contribution >= 0.6 is 0 Å². The molecule has 0 heterocycles. The van der Waals surface area contributed by atoms with Crippen molar-refractivity contribution in [3.05, 3.63) is 29.8 Å². The van der Waals surface area contributed by atoms with E-state index in [1.165, 1.54) is 12.8 Å². The highest BCUT2D eigenvalue weighted by Gasteiger charge is 2.21. The highest BCUT2D eigenvalue weighted by molar-refractivity contribution is 5.35. The summed E-state index contributed by atoms with van der Waals surface area (Å²) in [4.78, 5) is 0. The number of methoxy groups -OCH3 is 1. The monoisotopic (exact) mass is 221 g/mol. The maximum atomic E-state index is 6.07. The fourth-order valence-corrected chi connectivity index (χ4v) is 1.71. The van der Waals surface area contributed by atoms with Gasteiger partial charge < -0.3 is 15.2 Å². The number of benzene rings is 1. The second-order valence-corrected chi connectivity index (χ2v) is 4.33. The highest BCUT2D eigenvalue weighted by Crippen LogP contribution is 2.29. The zero-order chi connectivity index (χ0) is 11.4. The van der Waals surface area contributed by atoms with Crippen molar-refractivity contribution in [2.24, 2.45) is 11.7 Å². The molecule has 88 valence electrons. The second-order valence-electron chi connectivity index (χ2n) is 4.33. The average molecular weight is 221 g/mol. The predicted molar refractivity (Wildman–Crippen MR) is 63.5 cm³/mol. The van der Waals surface area contributed by atoms with Gasteiger partial charge in [-0.05, 0) is 24.8 Å². The Bertz CT molecular complexity index is 336. The highest BCUT2D eigenvalue weighted by atomic mass is 16.5. The maximum absolute atomic E-state index is 6.07. The zero-order valence-electron chi connectivity index (χ0n) is 9.69. The first-order chi connectivity index (χ1) is 7.81. The summed E-state index contributed by atoms with van der Waals surface area (Å²) in [6.45, 7) is 1.42. The van der Waals surface area contributed by atoms with E-state index < -0.39 is 0 Å². The molecule has 0 aliphatic heterocycles. The van der Waals surface area contributed by atoms with E-state index in [0.717, 1.165) is 23.8 Å². The van der Waals surface area contributed by atoms with Gasteiger partial charge in [-0.25, -0.2) is 0 Å². The van der Waals surface area contributed by atoms with Crippen LogP contribution in [0.1, 0.15) is 24.4 Å². The largest absolute Gasteiger partial charge is 0.496 e. The molecular formula is C13H19NO2. The van der Waals surface area contributed by atoms with Crippen LogP contribution in [0.25, 0.3) is 0 Å². The van der Waals surface area contributed by atoms with Crippen LogP contribution in [-0.2, 0) is 4.74 Å². The SMILES string of the molecule is COc1ccccc1C(N)COCC1CC1. The summed E-state index contributed by atoms with van der Waals surface area (Å²) in [7, 11) is 1.66. The number of nitrogens with two attached hydrogens (primary N) is 1. The van der Waals surface area contributed by atoms with Gasteiger partial charge in [-0.2, -0.15) is 0 Å². The van der Waals surface area contributed by atoms with Crippen LogP contribution in [0.4, 0.5) is 0 Å². The Labute approximate surface area is 96.5 Å². The Morgan fingerprint density at radius 1 is 1.38 bits per heavy atom. The molecule has 1 aromatic rings. The smallest absolute Gasteiger partial charge is 0.123 e. The summed E-state index contributed by atoms with van der Waals surface area (Å²) in [5.74, 6) is 1.62. The minimum absolute atomic E-state index is 0.102. The number of para-hydroxylation sites is 1. The Kier molecular flexibility index (Phi) is 3.80. The molecule has 2 rings (SSSR count). The van der Waals surface area contributed by atoms with Crippen LogP contribution in [0.2, 0.25) is 0 Å². The molecule has 1 aliphatic carbocycles. The lowest BCUT2D eigenvalue weighted by Gasteiger charge is -2.15. The van der Waals surface area contributed by atoms with E-state index in [9.17, 15) is 0 Å². The number of hydrogen-bond acceptors (Lipinski definition) is 3. The molecule has 1 atom stereocenters. The zero-order valence-corrected chi connectivity index (χ0v) is 9.69. The molecular weight excluding hydrogens is 202 g/mol. The van der Waals surface area contributed by atoms with Crippen molar-refractivity contribution in [3.63, 3.8) is 0 Å². The molecule has 0 spiro atoms. The Morgan fingerprint density at radius 3 is 2.81 bits per heavy atom. The molecule has 1 fully saturated rings. The third kappa shape index (κ3) is 2.97. The maximum Gasteiger partial charge on any atom is 0.123 e. The third-order valence-electron chi connectivity index (χ3n) is 2.89. The Balaban J connectivity index is 1.87. The van der Waals surface area contributed by atoms with Gasteiger partial charge >= 0.3 is 0 Å². The molecule has 0 aromatic heterocycles. The van der Waals surface area contributed by atoms with Gasteiger partial charge in [0.2, 0.25) is 0 Å². The van der Waals surface area contributed by atoms with Crippen LogP contribution in [0.3, 0.4) is 0 Å². The number of hydrogen-bond donors (Lipinski definition) is 1. The van der Waals surface area contributed by atoms with Gasteiger partial charge in [0.05, 0.1) is 19.8 Å². The van der Waals surface area contributed by atoms with E-state index in [-0.39, 0.29) is 6.04 Å². The van der Waals surface area contributed by atoms with Crippen LogP contribution < -0.4 is 10.5 Å². The Hall–Kier alpha value is -1.06. The minimum Gasteiger partial charge on any atom is -0.496 e. The first kappa shape index (κ1) is 11.4. The molecule has 0 amide bonds. The van der Waals surface area contributed by atoms with Crippen molar-refractivity contribution in [2.45, 2.75) is 18.9 Å². The molecule has 1 aliphatic rings. The molecule has 3 heteroatoms. The number of ether oxygens (including phenoxy) is 2. The summed E-state index contributed by atoms with van der Waals surface area (Å²) in [5.41, 5.74) is 7.09.